The van der Waals surface area contributed by atoms with Crippen molar-refractivity contribution < 1.29 is 0 Å². The summed E-state index contributed by atoms with van der Waals surface area (Å²) in [6.07, 6.45) is 6.50. The van der Waals surface area contributed by atoms with Gasteiger partial charge in [-0.1, -0.05) is 29.8 Å². The predicted molar refractivity (Wildman–Crippen MR) is 102 cm³/mol. The highest BCUT2D eigenvalue weighted by Gasteiger charge is 2.21. The third-order valence-corrected chi connectivity index (χ3v) is 5.40. The number of hydrogen-bond acceptors (Lipinski definition) is 3. The third kappa shape index (κ3) is 3.70. The number of nitrogens with zero attached hydrogens (tertiary/aromatic N) is 4. The van der Waals surface area contributed by atoms with Crippen LogP contribution in [0.2, 0.25) is 5.02 Å². The summed E-state index contributed by atoms with van der Waals surface area (Å²) < 4.78 is 2.27. The fourth-order valence-electron chi connectivity index (χ4n) is 3.79. The monoisotopic (exact) mass is 354 g/mol. The lowest BCUT2D eigenvalue weighted by atomic mass is 9.97. The lowest BCUT2D eigenvalue weighted by Gasteiger charge is -2.32. The standard InChI is InChI=1S/C20H23ClN4/c1-15-22-9-11-25(15)13-16-4-3-10-24(12-16)14-18-8-7-17-5-2-6-19(21)20(17)23-18/h2,5-9,11,16H,3-4,10,12-14H2,1H3/t16-/m1/s1. The number of hydrogen-bond donors (Lipinski definition) is 0. The molecule has 1 atom stereocenters. The number of likely N-dealkylation sites (tertiary alicyclic amines) is 1. The van der Waals surface area contributed by atoms with E-state index in [1.54, 1.807) is 0 Å². The summed E-state index contributed by atoms with van der Waals surface area (Å²) in [6.45, 7) is 6.27. The Hall–Kier alpha value is -1.91. The van der Waals surface area contributed by atoms with E-state index < -0.39 is 0 Å². The first-order valence-corrected chi connectivity index (χ1v) is 9.31. The van der Waals surface area contributed by atoms with Gasteiger partial charge in [0.1, 0.15) is 5.82 Å². The van der Waals surface area contributed by atoms with Crippen LogP contribution in [0, 0.1) is 12.8 Å². The molecule has 0 unspecified atom stereocenters. The Labute approximate surface area is 153 Å². The minimum Gasteiger partial charge on any atom is -0.335 e. The SMILES string of the molecule is Cc1nccn1C[C@@H]1CCCN(Cc2ccc3cccc(Cl)c3n2)C1. The van der Waals surface area contributed by atoms with Crippen molar-refractivity contribution in [2.75, 3.05) is 13.1 Å². The molecule has 3 heterocycles. The van der Waals surface area contributed by atoms with Crippen molar-refractivity contribution in [2.24, 2.45) is 5.92 Å². The van der Waals surface area contributed by atoms with Gasteiger partial charge in [-0.05, 0) is 44.4 Å². The minimum absolute atomic E-state index is 0.672. The molecule has 2 aromatic heterocycles. The van der Waals surface area contributed by atoms with Crippen LogP contribution in [0.1, 0.15) is 24.4 Å². The lowest BCUT2D eigenvalue weighted by Crippen LogP contribution is -2.36. The quantitative estimate of drug-likeness (QED) is 0.700. The second-order valence-electron chi connectivity index (χ2n) is 6.98. The van der Waals surface area contributed by atoms with Gasteiger partial charge in [0.05, 0.1) is 16.2 Å². The fourth-order valence-corrected chi connectivity index (χ4v) is 4.01. The number of rotatable bonds is 4. The molecule has 1 fully saturated rings. The summed E-state index contributed by atoms with van der Waals surface area (Å²) in [7, 11) is 0. The molecule has 4 rings (SSSR count). The molecule has 1 aliphatic heterocycles. The molecule has 0 aliphatic carbocycles. The van der Waals surface area contributed by atoms with E-state index in [-0.39, 0.29) is 0 Å². The summed E-state index contributed by atoms with van der Waals surface area (Å²) in [5.74, 6) is 1.77. The van der Waals surface area contributed by atoms with Gasteiger partial charge in [-0.3, -0.25) is 4.90 Å². The molecule has 0 N–H and O–H groups in total. The Morgan fingerprint density at radius 3 is 3.00 bits per heavy atom. The van der Waals surface area contributed by atoms with Gasteiger partial charge in [0, 0.05) is 37.4 Å². The van der Waals surface area contributed by atoms with Crippen LogP contribution in [0.3, 0.4) is 0 Å². The summed E-state index contributed by atoms with van der Waals surface area (Å²) in [5.41, 5.74) is 2.00. The molecule has 1 aliphatic rings. The molecule has 130 valence electrons. The number of aromatic nitrogens is 3. The topological polar surface area (TPSA) is 34.0 Å². The maximum atomic E-state index is 6.30. The Balaban J connectivity index is 1.45. The zero-order valence-electron chi connectivity index (χ0n) is 14.5. The van der Waals surface area contributed by atoms with Crippen LogP contribution in [0.5, 0.6) is 0 Å². The lowest BCUT2D eigenvalue weighted by molar-refractivity contribution is 0.154. The summed E-state index contributed by atoms with van der Waals surface area (Å²) in [5, 5.41) is 1.83. The number of halogens is 1. The number of para-hydroxylation sites is 1. The van der Waals surface area contributed by atoms with Crippen molar-refractivity contribution in [1.82, 2.24) is 19.4 Å². The van der Waals surface area contributed by atoms with Crippen molar-refractivity contribution in [2.45, 2.75) is 32.9 Å². The Bertz CT molecular complexity index is 873. The van der Waals surface area contributed by atoms with E-state index in [4.69, 9.17) is 16.6 Å². The summed E-state index contributed by atoms with van der Waals surface area (Å²) in [4.78, 5) is 11.6. The van der Waals surface area contributed by atoms with Gasteiger partial charge in [0.25, 0.3) is 0 Å². The molecule has 1 saturated heterocycles. The molecule has 1 aromatic carbocycles. The minimum atomic E-state index is 0.672. The fraction of sp³-hybridized carbons (Fsp3) is 0.400. The van der Waals surface area contributed by atoms with Crippen LogP contribution in [0.25, 0.3) is 10.9 Å². The van der Waals surface area contributed by atoms with Crippen LogP contribution in [-0.2, 0) is 13.1 Å². The molecule has 0 amide bonds. The van der Waals surface area contributed by atoms with Crippen molar-refractivity contribution in [1.29, 1.82) is 0 Å². The molecular formula is C20H23ClN4. The first-order valence-electron chi connectivity index (χ1n) is 8.93. The number of fused-ring (bicyclic) bond motifs is 1. The molecule has 0 saturated carbocycles. The van der Waals surface area contributed by atoms with Gasteiger partial charge in [-0.25, -0.2) is 9.97 Å². The van der Waals surface area contributed by atoms with E-state index in [0.29, 0.717) is 5.92 Å². The molecule has 0 spiro atoms. The normalized spacial score (nSPS) is 18.7. The largest absolute Gasteiger partial charge is 0.335 e. The van der Waals surface area contributed by atoms with Crippen LogP contribution >= 0.6 is 11.6 Å². The highest BCUT2D eigenvalue weighted by Crippen LogP contribution is 2.24. The average Bonchev–Trinajstić information content (AvgIpc) is 3.01. The van der Waals surface area contributed by atoms with Gasteiger partial charge < -0.3 is 4.57 Å². The summed E-state index contributed by atoms with van der Waals surface area (Å²) in [6, 6.07) is 10.2. The number of piperidine rings is 1. The average molecular weight is 355 g/mol. The number of aryl methyl sites for hydroxylation is 1. The van der Waals surface area contributed by atoms with E-state index in [9.17, 15) is 0 Å². The summed E-state index contributed by atoms with van der Waals surface area (Å²) >= 11 is 6.30. The zero-order valence-corrected chi connectivity index (χ0v) is 15.3. The van der Waals surface area contributed by atoms with Crippen LogP contribution in [0.15, 0.2) is 42.7 Å². The van der Waals surface area contributed by atoms with E-state index in [1.165, 1.54) is 12.8 Å². The van der Waals surface area contributed by atoms with Crippen molar-refractivity contribution in [3.05, 3.63) is 59.3 Å². The van der Waals surface area contributed by atoms with Gasteiger partial charge >= 0.3 is 0 Å². The van der Waals surface area contributed by atoms with Gasteiger partial charge in [0.2, 0.25) is 0 Å². The second-order valence-corrected chi connectivity index (χ2v) is 7.39. The van der Waals surface area contributed by atoms with E-state index in [0.717, 1.165) is 53.6 Å². The van der Waals surface area contributed by atoms with Crippen LogP contribution in [0.4, 0.5) is 0 Å². The van der Waals surface area contributed by atoms with Crippen molar-refractivity contribution in [3.63, 3.8) is 0 Å². The molecule has 5 heteroatoms. The highest BCUT2D eigenvalue weighted by atomic mass is 35.5. The van der Waals surface area contributed by atoms with Crippen molar-refractivity contribution >= 4 is 22.5 Å². The number of pyridine rings is 1. The molecule has 25 heavy (non-hydrogen) atoms. The second kappa shape index (κ2) is 7.14. The Morgan fingerprint density at radius 2 is 2.16 bits per heavy atom. The molecule has 4 nitrogen and oxygen atoms in total. The predicted octanol–water partition coefficient (Wildman–Crippen LogP) is 4.31. The maximum absolute atomic E-state index is 6.30. The molecule has 0 radical (unpaired) electrons. The van der Waals surface area contributed by atoms with Crippen LogP contribution < -0.4 is 0 Å². The molecule has 0 bridgehead atoms. The molecule has 3 aromatic rings. The van der Waals surface area contributed by atoms with E-state index in [1.807, 2.05) is 18.3 Å². The maximum Gasteiger partial charge on any atom is 0.105 e. The molecular weight excluding hydrogens is 332 g/mol. The number of benzene rings is 1. The first kappa shape index (κ1) is 16.6. The first-order chi connectivity index (χ1) is 12.2. The Kier molecular flexibility index (Phi) is 4.73. The van der Waals surface area contributed by atoms with E-state index in [2.05, 4.69) is 45.8 Å². The Morgan fingerprint density at radius 1 is 1.24 bits per heavy atom. The van der Waals surface area contributed by atoms with Crippen LogP contribution in [-0.4, -0.2) is 32.5 Å². The van der Waals surface area contributed by atoms with E-state index >= 15 is 0 Å². The van der Waals surface area contributed by atoms with Gasteiger partial charge in [-0.15, -0.1) is 0 Å². The number of imidazole rings is 1. The third-order valence-electron chi connectivity index (χ3n) is 5.10. The van der Waals surface area contributed by atoms with Gasteiger partial charge in [0.15, 0.2) is 0 Å². The van der Waals surface area contributed by atoms with Gasteiger partial charge in [-0.2, -0.15) is 0 Å². The van der Waals surface area contributed by atoms with Crippen molar-refractivity contribution in [3.8, 4) is 0 Å². The zero-order chi connectivity index (χ0) is 17.2. The smallest absolute Gasteiger partial charge is 0.105 e. The highest BCUT2D eigenvalue weighted by molar-refractivity contribution is 6.35.